The van der Waals surface area contributed by atoms with Crippen molar-refractivity contribution in [2.45, 2.75) is 31.3 Å². The van der Waals surface area contributed by atoms with E-state index < -0.39 is 48.8 Å². The van der Waals surface area contributed by atoms with Gasteiger partial charge in [-0.05, 0) is 17.2 Å². The predicted octanol–water partition coefficient (Wildman–Crippen LogP) is 1.37. The van der Waals surface area contributed by atoms with Gasteiger partial charge in [0, 0.05) is 19.4 Å². The summed E-state index contributed by atoms with van der Waals surface area (Å²) in [5.74, 6) is -4.01. The maximum absolute atomic E-state index is 12.0. The van der Waals surface area contributed by atoms with Gasteiger partial charge in [0.25, 0.3) is 5.60 Å². The molecular formula is C21H24ClN5O7. The van der Waals surface area contributed by atoms with E-state index in [0.717, 1.165) is 0 Å². The molecule has 2 heterocycles. The number of nitrogens with zero attached hydrogens (tertiary/aromatic N) is 4. The highest BCUT2D eigenvalue weighted by molar-refractivity contribution is 6.28. The highest BCUT2D eigenvalue weighted by Gasteiger charge is 2.49. The van der Waals surface area contributed by atoms with E-state index in [1.165, 1.54) is 18.0 Å². The number of aliphatic hydroxyl groups is 1. The van der Waals surface area contributed by atoms with Gasteiger partial charge in [-0.3, -0.25) is 4.57 Å². The van der Waals surface area contributed by atoms with Crippen LogP contribution in [0.4, 0.5) is 5.82 Å². The highest BCUT2D eigenvalue weighted by atomic mass is 35.5. The SMILES string of the molecule is CO[C@H](COC(Cc1ccccc1)(C(=O)O)C(=O)O)[C@H](C)[C@@H](O)n1cnc2c(N)nc(Cl)nc21. The molecule has 1 aromatic carbocycles. The van der Waals surface area contributed by atoms with Crippen LogP contribution in [0.5, 0.6) is 0 Å². The van der Waals surface area contributed by atoms with Crippen LogP contribution in [-0.4, -0.2) is 72.2 Å². The van der Waals surface area contributed by atoms with Crippen LogP contribution in [0.3, 0.4) is 0 Å². The Labute approximate surface area is 198 Å². The van der Waals surface area contributed by atoms with Crippen LogP contribution < -0.4 is 5.73 Å². The number of aliphatic hydroxyl groups excluding tert-OH is 1. The maximum Gasteiger partial charge on any atom is 0.348 e. The van der Waals surface area contributed by atoms with E-state index in [1.54, 1.807) is 37.3 Å². The second-order valence-electron chi connectivity index (χ2n) is 7.66. The van der Waals surface area contributed by atoms with Crippen LogP contribution in [0.15, 0.2) is 36.7 Å². The van der Waals surface area contributed by atoms with Crippen LogP contribution in [0, 0.1) is 5.92 Å². The molecule has 0 fully saturated rings. The molecule has 0 radical (unpaired) electrons. The molecular weight excluding hydrogens is 470 g/mol. The van der Waals surface area contributed by atoms with Crippen LogP contribution in [0.1, 0.15) is 18.7 Å². The van der Waals surface area contributed by atoms with Crippen molar-refractivity contribution in [1.29, 1.82) is 0 Å². The largest absolute Gasteiger partial charge is 0.479 e. The van der Waals surface area contributed by atoms with Gasteiger partial charge in [-0.25, -0.2) is 14.6 Å². The third kappa shape index (κ3) is 4.94. The van der Waals surface area contributed by atoms with Gasteiger partial charge < -0.3 is 30.5 Å². The highest BCUT2D eigenvalue weighted by Crippen LogP contribution is 2.28. The molecule has 0 aliphatic rings. The molecule has 0 bridgehead atoms. The zero-order chi connectivity index (χ0) is 25.0. The molecule has 34 heavy (non-hydrogen) atoms. The van der Waals surface area contributed by atoms with E-state index in [0.29, 0.717) is 5.56 Å². The van der Waals surface area contributed by atoms with E-state index >= 15 is 0 Å². The summed E-state index contributed by atoms with van der Waals surface area (Å²) >= 11 is 5.87. The molecule has 3 aromatic rings. The summed E-state index contributed by atoms with van der Waals surface area (Å²) in [5.41, 5.74) is 4.13. The zero-order valence-corrected chi connectivity index (χ0v) is 19.1. The van der Waals surface area contributed by atoms with Crippen molar-refractivity contribution in [3.63, 3.8) is 0 Å². The lowest BCUT2D eigenvalue weighted by Gasteiger charge is -2.31. The number of carboxylic acid groups (broad SMARTS) is 2. The molecule has 0 saturated carbocycles. The number of nitrogens with two attached hydrogens (primary N) is 1. The second kappa shape index (κ2) is 10.3. The number of carbonyl (C=O) groups is 2. The Kier molecular flexibility index (Phi) is 7.67. The minimum Gasteiger partial charge on any atom is -0.479 e. The van der Waals surface area contributed by atoms with E-state index in [9.17, 15) is 24.9 Å². The molecule has 182 valence electrons. The van der Waals surface area contributed by atoms with Gasteiger partial charge >= 0.3 is 11.9 Å². The number of ether oxygens (including phenoxy) is 2. The number of carboxylic acids is 2. The summed E-state index contributed by atoms with van der Waals surface area (Å²) in [6.45, 7) is 1.17. The van der Waals surface area contributed by atoms with Crippen LogP contribution in [0.2, 0.25) is 5.28 Å². The lowest BCUT2D eigenvalue weighted by atomic mass is 9.94. The molecule has 3 rings (SSSR count). The minimum atomic E-state index is -2.56. The van der Waals surface area contributed by atoms with Gasteiger partial charge in [-0.1, -0.05) is 37.3 Å². The lowest BCUT2D eigenvalue weighted by molar-refractivity contribution is -0.190. The number of imidazole rings is 1. The van der Waals surface area contributed by atoms with Crippen LogP contribution in [0.25, 0.3) is 11.2 Å². The maximum atomic E-state index is 12.0. The first-order chi connectivity index (χ1) is 16.1. The summed E-state index contributed by atoms with van der Waals surface area (Å²) in [7, 11) is 1.33. The fourth-order valence-electron chi connectivity index (χ4n) is 3.51. The van der Waals surface area contributed by atoms with Crippen molar-refractivity contribution in [3.8, 4) is 0 Å². The first-order valence-corrected chi connectivity index (χ1v) is 10.5. The number of hydrogen-bond donors (Lipinski definition) is 4. The summed E-state index contributed by atoms with van der Waals surface area (Å²) in [5, 5.41) is 30.3. The molecule has 2 aromatic heterocycles. The second-order valence-corrected chi connectivity index (χ2v) is 8.00. The standard InChI is InChI=1S/C21H24ClN5O7/c1-11(17(28)27-10-24-14-15(23)25-20(22)26-16(14)27)13(33-2)9-34-21(18(29)30,19(31)32)8-12-6-4-3-5-7-12/h3-7,10-11,13,17,28H,8-9H2,1-2H3,(H,29,30)(H,31,32)(H2,23,25,26)/t11-,13+,17+/m0/s1. The van der Waals surface area contributed by atoms with Gasteiger partial charge in [0.2, 0.25) is 5.28 Å². The van der Waals surface area contributed by atoms with E-state index in [1.807, 2.05) is 0 Å². The number of benzene rings is 1. The number of rotatable bonds is 11. The number of anilines is 1. The summed E-state index contributed by atoms with van der Waals surface area (Å²) in [6.07, 6.45) is -1.29. The third-order valence-corrected chi connectivity index (χ3v) is 5.72. The number of halogens is 1. The van der Waals surface area contributed by atoms with E-state index in [4.69, 9.17) is 26.8 Å². The predicted molar refractivity (Wildman–Crippen MR) is 120 cm³/mol. The molecule has 0 amide bonds. The Morgan fingerprint density at radius 2 is 1.85 bits per heavy atom. The molecule has 0 spiro atoms. The Hall–Kier alpha value is -3.32. The van der Waals surface area contributed by atoms with Gasteiger partial charge in [0.05, 0.1) is 19.0 Å². The monoisotopic (exact) mass is 493 g/mol. The molecule has 0 saturated heterocycles. The van der Waals surface area contributed by atoms with Gasteiger partial charge in [0.1, 0.15) is 11.7 Å². The summed E-state index contributed by atoms with van der Waals surface area (Å²) < 4.78 is 12.2. The van der Waals surface area contributed by atoms with E-state index in [-0.39, 0.29) is 22.3 Å². The lowest BCUT2D eigenvalue weighted by Crippen LogP contribution is -2.52. The Balaban J connectivity index is 1.84. The van der Waals surface area contributed by atoms with Crippen molar-refractivity contribution in [3.05, 3.63) is 47.5 Å². The molecule has 5 N–H and O–H groups in total. The molecule has 0 unspecified atom stereocenters. The van der Waals surface area contributed by atoms with Gasteiger partial charge in [-0.15, -0.1) is 0 Å². The Bertz CT molecular complexity index is 1160. The van der Waals surface area contributed by atoms with Crippen molar-refractivity contribution in [2.75, 3.05) is 19.5 Å². The fraction of sp³-hybridized carbons (Fsp3) is 0.381. The van der Waals surface area contributed by atoms with Crippen molar-refractivity contribution in [2.24, 2.45) is 5.92 Å². The molecule has 13 heteroatoms. The number of aliphatic carboxylic acids is 2. The molecule has 0 aliphatic heterocycles. The smallest absolute Gasteiger partial charge is 0.348 e. The Morgan fingerprint density at radius 3 is 2.44 bits per heavy atom. The number of hydrogen-bond acceptors (Lipinski definition) is 9. The number of nitrogen functional groups attached to an aromatic ring is 1. The quantitative estimate of drug-likeness (QED) is 0.223. The zero-order valence-electron chi connectivity index (χ0n) is 18.3. The minimum absolute atomic E-state index is 0.0360. The first kappa shape index (κ1) is 25.3. The average Bonchev–Trinajstić information content (AvgIpc) is 3.22. The summed E-state index contributed by atoms with van der Waals surface area (Å²) in [4.78, 5) is 36.0. The van der Waals surface area contributed by atoms with Crippen molar-refractivity contribution < 1.29 is 34.4 Å². The van der Waals surface area contributed by atoms with E-state index in [2.05, 4.69) is 15.0 Å². The molecule has 3 atom stereocenters. The number of methoxy groups -OCH3 is 1. The molecule has 12 nitrogen and oxygen atoms in total. The first-order valence-electron chi connectivity index (χ1n) is 10.1. The fourth-order valence-corrected chi connectivity index (χ4v) is 3.68. The summed E-state index contributed by atoms with van der Waals surface area (Å²) in [6, 6.07) is 8.26. The molecule has 0 aliphatic carbocycles. The van der Waals surface area contributed by atoms with Crippen molar-refractivity contribution in [1.82, 2.24) is 19.5 Å². The third-order valence-electron chi connectivity index (χ3n) is 5.55. The van der Waals surface area contributed by atoms with Crippen LogP contribution >= 0.6 is 11.6 Å². The van der Waals surface area contributed by atoms with Crippen molar-refractivity contribution >= 4 is 40.5 Å². The number of aromatic nitrogens is 4. The normalized spacial score (nSPS) is 14.6. The average molecular weight is 494 g/mol. The topological polar surface area (TPSA) is 183 Å². The van der Waals surface area contributed by atoms with Crippen LogP contribution in [-0.2, 0) is 25.5 Å². The number of fused-ring (bicyclic) bond motifs is 1. The van der Waals surface area contributed by atoms with Gasteiger partial charge in [0.15, 0.2) is 11.5 Å². The Morgan fingerprint density at radius 1 is 1.21 bits per heavy atom. The van der Waals surface area contributed by atoms with Gasteiger partial charge in [-0.2, -0.15) is 9.97 Å².